The molecule has 0 spiro atoms. The molecule has 4 heterocycles. The number of morpholine rings is 1. The van der Waals surface area contributed by atoms with Crippen LogP contribution in [0.25, 0.3) is 0 Å². The summed E-state index contributed by atoms with van der Waals surface area (Å²) in [5.74, 6) is -1.25. The van der Waals surface area contributed by atoms with Crippen LogP contribution < -0.4 is 16.0 Å². The summed E-state index contributed by atoms with van der Waals surface area (Å²) in [4.78, 5) is 66.2. The smallest absolute Gasteiger partial charge is 0.271 e. The van der Waals surface area contributed by atoms with Gasteiger partial charge in [-0.05, 0) is 31.4 Å². The highest BCUT2D eigenvalue weighted by atomic mass is 32.1. The summed E-state index contributed by atoms with van der Waals surface area (Å²) in [6.07, 6.45) is 0.893. The van der Waals surface area contributed by atoms with Crippen molar-refractivity contribution in [2.75, 3.05) is 46.4 Å². The number of nitrogens with zero attached hydrogens (tertiary/aromatic N) is 4. The molecule has 3 N–H and O–H groups in total. The molecule has 0 aliphatic carbocycles. The number of ether oxygens (including phenoxy) is 1. The number of likely N-dealkylation sites (N-methyl/N-ethyl adjacent to an activating group) is 1. The Morgan fingerprint density at radius 1 is 1.00 bits per heavy atom. The van der Waals surface area contributed by atoms with Crippen molar-refractivity contribution >= 4 is 46.3 Å². The highest BCUT2D eigenvalue weighted by Crippen LogP contribution is 2.27. The van der Waals surface area contributed by atoms with E-state index in [0.29, 0.717) is 36.0 Å². The number of hydrogen-bond donors (Lipinski definition) is 3. The number of hydrogen-bond acceptors (Lipinski definition) is 10. The Morgan fingerprint density at radius 3 is 2.44 bits per heavy atom. The normalized spacial score (nSPS) is 22.5. The minimum Gasteiger partial charge on any atom is -0.378 e. The Hall–Kier alpha value is -3.72. The van der Waals surface area contributed by atoms with E-state index >= 15 is 0 Å². The van der Waals surface area contributed by atoms with Gasteiger partial charge in [-0.25, -0.2) is 9.97 Å². The second kappa shape index (κ2) is 15.0. The predicted octanol–water partition coefficient (Wildman–Crippen LogP) is 2.42. The quantitative estimate of drug-likeness (QED) is 0.390. The van der Waals surface area contributed by atoms with Gasteiger partial charge in [-0.3, -0.25) is 24.1 Å². The van der Waals surface area contributed by atoms with Gasteiger partial charge in [-0.15, -0.1) is 22.7 Å². The van der Waals surface area contributed by atoms with Crippen molar-refractivity contribution in [2.45, 2.75) is 44.8 Å². The van der Waals surface area contributed by atoms with Crippen molar-refractivity contribution in [3.8, 4) is 0 Å². The molecular formula is C31H39N7O5S2. The molecule has 0 unspecified atom stereocenters. The fraction of sp³-hybridized carbons (Fsp3) is 0.484. The van der Waals surface area contributed by atoms with E-state index in [1.807, 2.05) is 56.1 Å². The third kappa shape index (κ3) is 8.31. The van der Waals surface area contributed by atoms with Crippen molar-refractivity contribution in [2.24, 2.45) is 5.92 Å². The third-order valence-electron chi connectivity index (χ3n) is 7.86. The molecule has 3 aromatic rings. The average molecular weight is 654 g/mol. The van der Waals surface area contributed by atoms with Crippen molar-refractivity contribution in [3.05, 3.63) is 68.1 Å². The van der Waals surface area contributed by atoms with Crippen LogP contribution in [0.3, 0.4) is 0 Å². The lowest BCUT2D eigenvalue weighted by Crippen LogP contribution is -2.55. The maximum absolute atomic E-state index is 13.7. The predicted molar refractivity (Wildman–Crippen MR) is 171 cm³/mol. The van der Waals surface area contributed by atoms with E-state index in [2.05, 4.69) is 25.9 Å². The van der Waals surface area contributed by atoms with E-state index < -0.39 is 18.1 Å². The lowest BCUT2D eigenvalue weighted by atomic mass is 10.0. The molecule has 45 heavy (non-hydrogen) atoms. The Labute approximate surface area is 270 Å². The summed E-state index contributed by atoms with van der Waals surface area (Å²) in [6.45, 7) is 5.72. The standard InChI is InChI=1S/C31H39N7O5S2/c1-19(2)26-30-35-22(17-45-30)27(40)32-10-7-11-38(31(42)24-16-43-13-12-37(24)3)15-25(39)33-21(14-20-8-5-4-6-9-20)29-34-23(18-44-29)28(41)36-26/h4-6,8-9,17-19,21,24,26H,7,10-16H2,1-3H3,(H,32,40)(H,33,39)(H,36,41)/t21-,24-,26-/m0/s1. The highest BCUT2D eigenvalue weighted by Gasteiger charge is 2.32. The van der Waals surface area contributed by atoms with Crippen LogP contribution in [0.4, 0.5) is 0 Å². The second-order valence-electron chi connectivity index (χ2n) is 11.6. The van der Waals surface area contributed by atoms with Crippen LogP contribution in [-0.2, 0) is 20.7 Å². The zero-order chi connectivity index (χ0) is 31.9. The SMILES string of the molecule is CC(C)[C@@H]1NC(=O)c2csc(n2)[C@H](Cc2ccccc2)NC(=O)CN(C(=O)[C@@H]2COCCN2C)CCCNC(=O)c2csc1n2. The van der Waals surface area contributed by atoms with Crippen LogP contribution in [0.15, 0.2) is 41.1 Å². The Morgan fingerprint density at radius 2 is 1.71 bits per heavy atom. The van der Waals surface area contributed by atoms with E-state index in [4.69, 9.17) is 4.74 Å². The first-order valence-electron chi connectivity index (χ1n) is 15.1. The molecule has 2 aliphatic heterocycles. The van der Waals surface area contributed by atoms with Crippen LogP contribution in [0, 0.1) is 5.92 Å². The zero-order valence-electron chi connectivity index (χ0n) is 25.7. The molecule has 1 fully saturated rings. The van der Waals surface area contributed by atoms with Gasteiger partial charge in [0.2, 0.25) is 11.8 Å². The molecule has 0 radical (unpaired) electrons. The van der Waals surface area contributed by atoms with E-state index in [1.54, 1.807) is 10.8 Å². The van der Waals surface area contributed by atoms with E-state index in [0.717, 1.165) is 5.56 Å². The molecule has 5 rings (SSSR count). The molecule has 0 saturated carbocycles. The number of amides is 4. The van der Waals surface area contributed by atoms with Gasteiger partial charge in [-0.1, -0.05) is 44.2 Å². The highest BCUT2D eigenvalue weighted by molar-refractivity contribution is 7.10. The molecule has 12 nitrogen and oxygen atoms in total. The van der Waals surface area contributed by atoms with Crippen molar-refractivity contribution in [1.29, 1.82) is 0 Å². The molecule has 14 heteroatoms. The van der Waals surface area contributed by atoms with Crippen molar-refractivity contribution in [3.63, 3.8) is 0 Å². The molecule has 240 valence electrons. The van der Waals surface area contributed by atoms with Crippen molar-refractivity contribution in [1.82, 2.24) is 35.7 Å². The van der Waals surface area contributed by atoms with E-state index in [-0.39, 0.29) is 67.2 Å². The first kappa shape index (κ1) is 32.7. The Kier molecular flexibility index (Phi) is 10.9. The van der Waals surface area contributed by atoms with E-state index in [9.17, 15) is 19.2 Å². The maximum Gasteiger partial charge on any atom is 0.271 e. The van der Waals surface area contributed by atoms with Gasteiger partial charge in [0, 0.05) is 30.4 Å². The summed E-state index contributed by atoms with van der Waals surface area (Å²) in [5, 5.41) is 13.6. The molecule has 3 atom stereocenters. The maximum atomic E-state index is 13.7. The second-order valence-corrected chi connectivity index (χ2v) is 13.4. The molecule has 2 aliphatic rings. The fourth-order valence-electron chi connectivity index (χ4n) is 5.27. The summed E-state index contributed by atoms with van der Waals surface area (Å²) in [6, 6.07) is 8.28. The van der Waals surface area contributed by atoms with Crippen molar-refractivity contribution < 1.29 is 23.9 Å². The van der Waals surface area contributed by atoms with Crippen LogP contribution >= 0.6 is 22.7 Å². The number of benzene rings is 1. The topological polar surface area (TPSA) is 146 Å². The molecule has 4 bridgehead atoms. The summed E-state index contributed by atoms with van der Waals surface area (Å²) in [5.41, 5.74) is 1.49. The summed E-state index contributed by atoms with van der Waals surface area (Å²) in [7, 11) is 1.87. The van der Waals surface area contributed by atoms with E-state index in [1.165, 1.54) is 27.6 Å². The minimum absolute atomic E-state index is 0.00507. The molecule has 4 amide bonds. The summed E-state index contributed by atoms with van der Waals surface area (Å²) >= 11 is 2.62. The molecule has 1 saturated heterocycles. The number of fused-ring (bicyclic) bond motifs is 4. The third-order valence-corrected chi connectivity index (χ3v) is 9.75. The molecular weight excluding hydrogens is 615 g/mol. The molecule has 1 aromatic carbocycles. The van der Waals surface area contributed by atoms with Crippen LogP contribution in [0.1, 0.15) is 68.9 Å². The first-order chi connectivity index (χ1) is 21.7. The van der Waals surface area contributed by atoms with Gasteiger partial charge in [0.25, 0.3) is 11.8 Å². The van der Waals surface area contributed by atoms with Crippen LogP contribution in [-0.4, -0.2) is 95.9 Å². The molecule has 2 aromatic heterocycles. The Balaban J connectivity index is 1.45. The van der Waals surface area contributed by atoms with Gasteiger partial charge in [0.1, 0.15) is 27.4 Å². The summed E-state index contributed by atoms with van der Waals surface area (Å²) < 4.78 is 5.58. The van der Waals surface area contributed by atoms with Crippen LogP contribution in [0.2, 0.25) is 0 Å². The van der Waals surface area contributed by atoms with Gasteiger partial charge in [0.15, 0.2) is 0 Å². The zero-order valence-corrected chi connectivity index (χ0v) is 27.3. The Bertz CT molecular complexity index is 1490. The number of carbonyl (C=O) groups is 4. The number of nitrogens with one attached hydrogen (secondary N) is 3. The van der Waals surface area contributed by atoms with Gasteiger partial charge in [-0.2, -0.15) is 0 Å². The number of carbonyl (C=O) groups excluding carboxylic acids is 4. The lowest BCUT2D eigenvalue weighted by Gasteiger charge is -2.35. The average Bonchev–Trinajstić information content (AvgIpc) is 3.72. The van der Waals surface area contributed by atoms with Gasteiger partial charge in [0.05, 0.1) is 31.8 Å². The number of rotatable bonds is 4. The fourth-order valence-corrected chi connectivity index (χ4v) is 7.14. The number of aromatic nitrogens is 2. The minimum atomic E-state index is -0.520. The van der Waals surface area contributed by atoms with Gasteiger partial charge < -0.3 is 25.6 Å². The monoisotopic (exact) mass is 653 g/mol. The number of thiazole rings is 2. The van der Waals surface area contributed by atoms with Crippen LogP contribution in [0.5, 0.6) is 0 Å². The largest absolute Gasteiger partial charge is 0.378 e. The lowest BCUT2D eigenvalue weighted by molar-refractivity contribution is -0.145. The first-order valence-corrected chi connectivity index (χ1v) is 16.9. The van der Waals surface area contributed by atoms with Gasteiger partial charge >= 0.3 is 0 Å².